The Balaban J connectivity index is 2.10. The number of methoxy groups -OCH3 is 1. The third kappa shape index (κ3) is 2.33. The minimum atomic E-state index is -0.951. The van der Waals surface area contributed by atoms with Crippen LogP contribution < -0.4 is 4.74 Å². The first-order valence-corrected chi connectivity index (χ1v) is 6.45. The van der Waals surface area contributed by atoms with Crippen LogP contribution in [0.2, 0.25) is 0 Å². The number of carboxylic acids is 1. The van der Waals surface area contributed by atoms with Gasteiger partial charge < -0.3 is 14.2 Å². The molecule has 21 heavy (non-hydrogen) atoms. The third-order valence-electron chi connectivity index (χ3n) is 3.41. The van der Waals surface area contributed by atoms with E-state index < -0.39 is 5.97 Å². The molecule has 0 saturated heterocycles. The van der Waals surface area contributed by atoms with Gasteiger partial charge in [0.1, 0.15) is 11.4 Å². The van der Waals surface area contributed by atoms with E-state index in [1.54, 1.807) is 29.8 Å². The molecule has 0 spiro atoms. The highest BCUT2D eigenvalue weighted by atomic mass is 16.5. The summed E-state index contributed by atoms with van der Waals surface area (Å²) in [6.45, 7) is 1.99. The standard InChI is InChI=1S/C16H14N2O3/c1-10-7-12(21-2)4-5-13(10)14-9-18-8-11(16(19)20)3-6-15(18)17-14/h3-9H,1-2H3,(H,19,20). The number of pyridine rings is 1. The summed E-state index contributed by atoms with van der Waals surface area (Å²) in [4.78, 5) is 15.5. The fraction of sp³-hybridized carbons (Fsp3) is 0.125. The summed E-state index contributed by atoms with van der Waals surface area (Å²) >= 11 is 0. The van der Waals surface area contributed by atoms with Crippen LogP contribution in [0.3, 0.4) is 0 Å². The van der Waals surface area contributed by atoms with E-state index in [2.05, 4.69) is 4.98 Å². The second-order valence-electron chi connectivity index (χ2n) is 4.80. The molecule has 0 amide bonds. The monoisotopic (exact) mass is 282 g/mol. The minimum absolute atomic E-state index is 0.234. The number of carboxylic acid groups (broad SMARTS) is 1. The van der Waals surface area contributed by atoms with E-state index in [1.807, 2.05) is 31.3 Å². The summed E-state index contributed by atoms with van der Waals surface area (Å²) in [5, 5.41) is 9.02. The second-order valence-corrected chi connectivity index (χ2v) is 4.80. The number of aryl methyl sites for hydroxylation is 1. The Bertz CT molecular complexity index is 837. The Hall–Kier alpha value is -2.82. The van der Waals surface area contributed by atoms with Gasteiger partial charge in [-0.05, 0) is 42.8 Å². The van der Waals surface area contributed by atoms with E-state index in [0.717, 1.165) is 22.6 Å². The lowest BCUT2D eigenvalue weighted by molar-refractivity contribution is 0.0696. The summed E-state index contributed by atoms with van der Waals surface area (Å²) in [5.74, 6) is -0.152. The summed E-state index contributed by atoms with van der Waals surface area (Å²) in [7, 11) is 1.63. The normalized spacial score (nSPS) is 10.8. The molecule has 5 heteroatoms. The van der Waals surface area contributed by atoms with Crippen molar-refractivity contribution in [1.29, 1.82) is 0 Å². The molecule has 3 rings (SSSR count). The van der Waals surface area contributed by atoms with Crippen molar-refractivity contribution < 1.29 is 14.6 Å². The Labute approximate surface area is 121 Å². The molecule has 0 atom stereocenters. The van der Waals surface area contributed by atoms with E-state index in [4.69, 9.17) is 9.84 Å². The van der Waals surface area contributed by atoms with Crippen LogP contribution in [0.25, 0.3) is 16.9 Å². The zero-order chi connectivity index (χ0) is 15.0. The zero-order valence-corrected chi connectivity index (χ0v) is 11.7. The number of nitrogens with zero attached hydrogens (tertiary/aromatic N) is 2. The van der Waals surface area contributed by atoms with Gasteiger partial charge in [-0.3, -0.25) is 0 Å². The van der Waals surface area contributed by atoms with Gasteiger partial charge in [0.25, 0.3) is 0 Å². The quantitative estimate of drug-likeness (QED) is 0.802. The number of benzene rings is 1. The number of hydrogen-bond acceptors (Lipinski definition) is 3. The number of imidazole rings is 1. The molecule has 2 aromatic heterocycles. The van der Waals surface area contributed by atoms with Crippen LogP contribution in [-0.2, 0) is 0 Å². The highest BCUT2D eigenvalue weighted by molar-refractivity contribution is 5.87. The summed E-state index contributed by atoms with van der Waals surface area (Å²) in [6.07, 6.45) is 3.39. The van der Waals surface area contributed by atoms with Crippen molar-refractivity contribution in [3.8, 4) is 17.0 Å². The topological polar surface area (TPSA) is 63.8 Å². The van der Waals surface area contributed by atoms with Gasteiger partial charge in [-0.15, -0.1) is 0 Å². The third-order valence-corrected chi connectivity index (χ3v) is 3.41. The van der Waals surface area contributed by atoms with Crippen molar-refractivity contribution in [2.75, 3.05) is 7.11 Å². The number of ether oxygens (including phenoxy) is 1. The van der Waals surface area contributed by atoms with Crippen LogP contribution in [0.15, 0.2) is 42.7 Å². The lowest BCUT2D eigenvalue weighted by atomic mass is 10.1. The van der Waals surface area contributed by atoms with Crippen molar-refractivity contribution >= 4 is 11.6 Å². The van der Waals surface area contributed by atoms with Crippen LogP contribution in [0, 0.1) is 6.92 Å². The fourth-order valence-electron chi connectivity index (χ4n) is 2.30. The highest BCUT2D eigenvalue weighted by Gasteiger charge is 2.10. The van der Waals surface area contributed by atoms with Crippen molar-refractivity contribution in [2.45, 2.75) is 6.92 Å². The molecular formula is C16H14N2O3. The number of hydrogen-bond donors (Lipinski definition) is 1. The summed E-state index contributed by atoms with van der Waals surface area (Å²) in [6, 6.07) is 9.03. The molecule has 106 valence electrons. The second kappa shape index (κ2) is 4.94. The van der Waals surface area contributed by atoms with E-state index >= 15 is 0 Å². The van der Waals surface area contributed by atoms with E-state index in [9.17, 15) is 4.79 Å². The van der Waals surface area contributed by atoms with Gasteiger partial charge in [-0.2, -0.15) is 0 Å². The van der Waals surface area contributed by atoms with Gasteiger partial charge in [0.15, 0.2) is 0 Å². The first kappa shape index (κ1) is 13.2. The molecule has 0 fully saturated rings. The smallest absolute Gasteiger partial charge is 0.337 e. The van der Waals surface area contributed by atoms with Crippen LogP contribution in [-0.4, -0.2) is 27.6 Å². The Morgan fingerprint density at radius 3 is 2.71 bits per heavy atom. The molecule has 0 aliphatic rings. The van der Waals surface area contributed by atoms with Crippen molar-refractivity contribution in [3.05, 3.63) is 53.9 Å². The molecule has 5 nitrogen and oxygen atoms in total. The van der Waals surface area contributed by atoms with Gasteiger partial charge in [0, 0.05) is 18.0 Å². The van der Waals surface area contributed by atoms with Crippen molar-refractivity contribution in [1.82, 2.24) is 9.38 Å². The molecule has 0 saturated carbocycles. The van der Waals surface area contributed by atoms with E-state index in [0.29, 0.717) is 5.65 Å². The van der Waals surface area contributed by atoms with Gasteiger partial charge >= 0.3 is 5.97 Å². The van der Waals surface area contributed by atoms with Crippen molar-refractivity contribution in [3.63, 3.8) is 0 Å². The summed E-state index contributed by atoms with van der Waals surface area (Å²) in [5.41, 5.74) is 3.80. The Morgan fingerprint density at radius 1 is 1.24 bits per heavy atom. The van der Waals surface area contributed by atoms with Gasteiger partial charge in [0.05, 0.1) is 18.4 Å². The molecule has 0 aliphatic carbocycles. The van der Waals surface area contributed by atoms with Gasteiger partial charge in [-0.1, -0.05) is 0 Å². The zero-order valence-electron chi connectivity index (χ0n) is 11.7. The molecule has 0 radical (unpaired) electrons. The highest BCUT2D eigenvalue weighted by Crippen LogP contribution is 2.26. The molecule has 0 aliphatic heterocycles. The fourth-order valence-corrected chi connectivity index (χ4v) is 2.30. The molecule has 1 aromatic carbocycles. The molecule has 0 unspecified atom stereocenters. The molecule has 1 N–H and O–H groups in total. The number of fused-ring (bicyclic) bond motifs is 1. The maximum atomic E-state index is 11.0. The lowest BCUT2D eigenvalue weighted by Gasteiger charge is -2.05. The van der Waals surface area contributed by atoms with Crippen LogP contribution >= 0.6 is 0 Å². The number of aromatic nitrogens is 2. The maximum Gasteiger partial charge on any atom is 0.337 e. The van der Waals surface area contributed by atoms with Gasteiger partial charge in [-0.25, -0.2) is 9.78 Å². The average Bonchev–Trinajstić information content (AvgIpc) is 2.89. The first-order chi connectivity index (χ1) is 10.1. The molecule has 2 heterocycles. The average molecular weight is 282 g/mol. The first-order valence-electron chi connectivity index (χ1n) is 6.45. The SMILES string of the molecule is COc1ccc(-c2cn3cc(C(=O)O)ccc3n2)c(C)c1. The Morgan fingerprint density at radius 2 is 2.05 bits per heavy atom. The van der Waals surface area contributed by atoms with Crippen LogP contribution in [0.4, 0.5) is 0 Å². The minimum Gasteiger partial charge on any atom is -0.497 e. The molecule has 0 bridgehead atoms. The van der Waals surface area contributed by atoms with E-state index in [-0.39, 0.29) is 5.56 Å². The molecular weight excluding hydrogens is 268 g/mol. The number of rotatable bonds is 3. The predicted octanol–water partition coefficient (Wildman–Crippen LogP) is 3.02. The van der Waals surface area contributed by atoms with Crippen molar-refractivity contribution in [2.24, 2.45) is 0 Å². The maximum absolute atomic E-state index is 11.0. The van der Waals surface area contributed by atoms with E-state index in [1.165, 1.54) is 0 Å². The Kier molecular flexibility index (Phi) is 3.10. The summed E-state index contributed by atoms with van der Waals surface area (Å²) < 4.78 is 6.92. The van der Waals surface area contributed by atoms with Crippen LogP contribution in [0.1, 0.15) is 15.9 Å². The lowest BCUT2D eigenvalue weighted by Crippen LogP contribution is -1.97. The molecule has 3 aromatic rings. The predicted molar refractivity (Wildman–Crippen MR) is 78.9 cm³/mol. The number of carbonyl (C=O) groups is 1. The van der Waals surface area contributed by atoms with Crippen LogP contribution in [0.5, 0.6) is 5.75 Å². The number of aromatic carboxylic acids is 1. The largest absolute Gasteiger partial charge is 0.497 e. The van der Waals surface area contributed by atoms with Gasteiger partial charge in [0.2, 0.25) is 0 Å².